The number of nitrogens with zero attached hydrogens (tertiary/aromatic N) is 6. The van der Waals surface area contributed by atoms with Crippen molar-refractivity contribution in [2.45, 2.75) is 36.8 Å². The van der Waals surface area contributed by atoms with Gasteiger partial charge in [-0.15, -0.1) is 0 Å². The number of hydrogen-bond donors (Lipinski definition) is 0. The van der Waals surface area contributed by atoms with Gasteiger partial charge >= 0.3 is 0 Å². The third kappa shape index (κ3) is 5.41. The van der Waals surface area contributed by atoms with Crippen LogP contribution in [-0.2, 0) is 17.0 Å². The van der Waals surface area contributed by atoms with E-state index in [2.05, 4.69) is 44.4 Å². The van der Waals surface area contributed by atoms with E-state index < -0.39 is 0 Å². The van der Waals surface area contributed by atoms with Crippen molar-refractivity contribution in [1.82, 2.24) is 29.5 Å². The maximum absolute atomic E-state index is 6.55. The lowest BCUT2D eigenvalue weighted by Gasteiger charge is -2.20. The van der Waals surface area contributed by atoms with Gasteiger partial charge in [0.15, 0.2) is 0 Å². The quantitative estimate of drug-likeness (QED) is 0.337. The number of thioether (sulfide) groups is 1. The molecule has 4 aromatic rings. The van der Waals surface area contributed by atoms with Crippen molar-refractivity contribution in [3.8, 4) is 5.69 Å². The molecule has 1 aliphatic heterocycles. The minimum absolute atomic E-state index is 0.0297. The Morgan fingerprint density at radius 3 is 2.55 bits per heavy atom. The molecular formula is C23H22Cl2N6OS. The van der Waals surface area contributed by atoms with E-state index in [0.29, 0.717) is 16.6 Å². The van der Waals surface area contributed by atoms with Crippen LogP contribution in [0.15, 0.2) is 67.8 Å². The van der Waals surface area contributed by atoms with Crippen LogP contribution in [0.5, 0.6) is 0 Å². The molecule has 3 heterocycles. The van der Waals surface area contributed by atoms with Crippen LogP contribution in [0.1, 0.15) is 23.5 Å². The number of halogens is 2. The van der Waals surface area contributed by atoms with Crippen LogP contribution in [0.2, 0.25) is 10.0 Å². The summed E-state index contributed by atoms with van der Waals surface area (Å²) in [5, 5.41) is 9.73. The summed E-state index contributed by atoms with van der Waals surface area (Å²) in [4.78, 5) is 8.05. The van der Waals surface area contributed by atoms with E-state index in [9.17, 15) is 0 Å². The van der Waals surface area contributed by atoms with Crippen LogP contribution in [0, 0.1) is 0 Å². The van der Waals surface area contributed by atoms with Crippen molar-refractivity contribution >= 4 is 35.0 Å². The Hall–Kier alpha value is -2.39. The minimum Gasteiger partial charge on any atom is -0.372 e. The largest absolute Gasteiger partial charge is 0.372 e. The van der Waals surface area contributed by atoms with E-state index in [1.807, 2.05) is 28.6 Å². The van der Waals surface area contributed by atoms with Gasteiger partial charge in [-0.1, -0.05) is 41.4 Å². The molecule has 0 spiro atoms. The van der Waals surface area contributed by atoms with Gasteiger partial charge in [0.2, 0.25) is 0 Å². The molecule has 1 fully saturated rings. The SMILES string of the molecule is Clc1ccc(C2CC(CSCc3ccc(-n4cncn4)cc3)OC2Cn2cncn2)c(Cl)c1. The van der Waals surface area contributed by atoms with E-state index >= 15 is 0 Å². The number of aromatic nitrogens is 6. The summed E-state index contributed by atoms with van der Waals surface area (Å²) < 4.78 is 10.0. The fourth-order valence-corrected chi connectivity index (χ4v) is 5.72. The Labute approximate surface area is 206 Å². The van der Waals surface area contributed by atoms with E-state index in [0.717, 1.165) is 29.2 Å². The summed E-state index contributed by atoms with van der Waals surface area (Å²) in [6, 6.07) is 14.1. The molecule has 0 aliphatic carbocycles. The highest BCUT2D eigenvalue weighted by Gasteiger charge is 2.37. The van der Waals surface area contributed by atoms with Gasteiger partial charge in [0, 0.05) is 27.5 Å². The molecule has 170 valence electrons. The molecule has 3 unspecified atom stereocenters. The van der Waals surface area contributed by atoms with Crippen LogP contribution >= 0.6 is 35.0 Å². The Morgan fingerprint density at radius 2 is 1.82 bits per heavy atom. The highest BCUT2D eigenvalue weighted by molar-refractivity contribution is 7.98. The lowest BCUT2D eigenvalue weighted by molar-refractivity contribution is 0.0412. The van der Waals surface area contributed by atoms with Crippen LogP contribution in [0.25, 0.3) is 5.69 Å². The average molecular weight is 501 g/mol. The van der Waals surface area contributed by atoms with Crippen molar-refractivity contribution in [3.63, 3.8) is 0 Å². The molecule has 1 saturated heterocycles. The second kappa shape index (κ2) is 10.3. The van der Waals surface area contributed by atoms with Gasteiger partial charge in [-0.3, -0.25) is 4.68 Å². The second-order valence-electron chi connectivity index (χ2n) is 7.94. The molecule has 1 aliphatic rings. The van der Waals surface area contributed by atoms with Crippen molar-refractivity contribution in [2.75, 3.05) is 5.75 Å². The zero-order valence-corrected chi connectivity index (χ0v) is 20.0. The van der Waals surface area contributed by atoms with Crippen LogP contribution in [0.4, 0.5) is 0 Å². The monoisotopic (exact) mass is 500 g/mol. The molecular weight excluding hydrogens is 479 g/mol. The first-order valence-corrected chi connectivity index (χ1v) is 12.5. The van der Waals surface area contributed by atoms with Crippen LogP contribution in [0.3, 0.4) is 0 Å². The maximum atomic E-state index is 6.55. The van der Waals surface area contributed by atoms with E-state index in [1.54, 1.807) is 29.7 Å². The second-order valence-corrected chi connectivity index (χ2v) is 9.82. The van der Waals surface area contributed by atoms with Gasteiger partial charge in [0.05, 0.1) is 24.4 Å². The lowest BCUT2D eigenvalue weighted by Crippen LogP contribution is -2.23. The van der Waals surface area contributed by atoms with Gasteiger partial charge in [0.1, 0.15) is 25.3 Å². The highest BCUT2D eigenvalue weighted by Crippen LogP contribution is 2.40. The predicted molar refractivity (Wildman–Crippen MR) is 130 cm³/mol. The predicted octanol–water partition coefficient (Wildman–Crippen LogP) is 5.04. The van der Waals surface area contributed by atoms with Crippen LogP contribution < -0.4 is 0 Å². The van der Waals surface area contributed by atoms with Crippen LogP contribution in [-0.4, -0.2) is 47.5 Å². The summed E-state index contributed by atoms with van der Waals surface area (Å²) in [5.74, 6) is 1.99. The van der Waals surface area contributed by atoms with Gasteiger partial charge < -0.3 is 4.74 Å². The summed E-state index contributed by atoms with van der Waals surface area (Å²) in [5.41, 5.74) is 3.33. The zero-order valence-electron chi connectivity index (χ0n) is 17.7. The molecule has 2 aromatic carbocycles. The summed E-state index contributed by atoms with van der Waals surface area (Å²) in [6.07, 6.45) is 7.49. The molecule has 5 rings (SSSR count). The van der Waals surface area contributed by atoms with Gasteiger partial charge in [-0.05, 0) is 41.8 Å². The summed E-state index contributed by atoms with van der Waals surface area (Å²) >= 11 is 14.5. The van der Waals surface area contributed by atoms with Gasteiger partial charge in [0.25, 0.3) is 0 Å². The maximum Gasteiger partial charge on any atom is 0.138 e. The third-order valence-corrected chi connectivity index (χ3v) is 7.43. The number of rotatable bonds is 8. The fraction of sp³-hybridized carbons (Fsp3) is 0.304. The molecule has 0 bridgehead atoms. The first-order chi connectivity index (χ1) is 16.2. The molecule has 3 atom stereocenters. The topological polar surface area (TPSA) is 70.7 Å². The van der Waals surface area contributed by atoms with E-state index in [-0.39, 0.29) is 18.1 Å². The fourth-order valence-electron chi connectivity index (χ4n) is 4.15. The molecule has 0 saturated carbocycles. The molecule has 0 radical (unpaired) electrons. The molecule has 10 heteroatoms. The van der Waals surface area contributed by atoms with E-state index in [4.69, 9.17) is 27.9 Å². The Kier molecular flexibility index (Phi) is 6.96. The average Bonchev–Trinajstić information content (AvgIpc) is 3.58. The smallest absolute Gasteiger partial charge is 0.138 e. The third-order valence-electron chi connectivity index (χ3n) is 5.72. The van der Waals surface area contributed by atoms with E-state index in [1.165, 1.54) is 11.9 Å². The first-order valence-electron chi connectivity index (χ1n) is 10.6. The first kappa shape index (κ1) is 22.4. The Balaban J connectivity index is 1.22. The van der Waals surface area contributed by atoms with Crippen molar-refractivity contribution in [1.29, 1.82) is 0 Å². The summed E-state index contributed by atoms with van der Waals surface area (Å²) in [7, 11) is 0. The van der Waals surface area contributed by atoms with Gasteiger partial charge in [-0.2, -0.15) is 22.0 Å². The van der Waals surface area contributed by atoms with Crippen molar-refractivity contribution in [3.05, 3.63) is 88.9 Å². The molecule has 0 N–H and O–H groups in total. The number of ether oxygens (including phenoxy) is 1. The zero-order chi connectivity index (χ0) is 22.6. The molecule has 2 aromatic heterocycles. The molecule has 33 heavy (non-hydrogen) atoms. The number of benzene rings is 2. The minimum atomic E-state index is -0.0297. The Bertz CT molecular complexity index is 1170. The normalized spacial score (nSPS) is 20.4. The van der Waals surface area contributed by atoms with Gasteiger partial charge in [-0.25, -0.2) is 14.6 Å². The number of hydrogen-bond acceptors (Lipinski definition) is 6. The summed E-state index contributed by atoms with van der Waals surface area (Å²) in [6.45, 7) is 0.633. The molecule has 7 nitrogen and oxygen atoms in total. The Morgan fingerprint density at radius 1 is 1.00 bits per heavy atom. The van der Waals surface area contributed by atoms with Crippen molar-refractivity contribution < 1.29 is 4.74 Å². The standard InChI is InChI=1S/C23H22Cl2N6OS/c24-17-3-6-20(22(25)7-17)21-8-19(32-23(21)9-30-14-26-12-28-30)11-33-10-16-1-4-18(5-2-16)31-15-27-13-29-31/h1-7,12-15,19,21,23H,8-11H2. The lowest BCUT2D eigenvalue weighted by atomic mass is 9.91. The highest BCUT2D eigenvalue weighted by atomic mass is 35.5. The van der Waals surface area contributed by atoms with Crippen molar-refractivity contribution in [2.24, 2.45) is 0 Å². The molecule has 0 amide bonds.